The average Bonchev–Trinajstić information content (AvgIpc) is 2.97. The molecule has 0 bridgehead atoms. The molecule has 0 spiro atoms. The summed E-state index contributed by atoms with van der Waals surface area (Å²) in [5.41, 5.74) is 6.44. The topological polar surface area (TPSA) is 87.9 Å². The summed E-state index contributed by atoms with van der Waals surface area (Å²) in [6.45, 7) is 3.61. The molecule has 2 aliphatic rings. The molecule has 1 aromatic carbocycles. The molecule has 7 nitrogen and oxygen atoms in total. The van der Waals surface area contributed by atoms with Crippen LogP contribution in [0.3, 0.4) is 0 Å². The third kappa shape index (κ3) is 4.63. The van der Waals surface area contributed by atoms with Crippen LogP contribution in [0.15, 0.2) is 30.3 Å². The van der Waals surface area contributed by atoms with Crippen molar-refractivity contribution in [1.29, 1.82) is 0 Å². The number of nitrogens with two attached hydrogens (primary N) is 1. The third-order valence-electron chi connectivity index (χ3n) is 4.81. The van der Waals surface area contributed by atoms with Gasteiger partial charge in [-0.25, -0.2) is 4.79 Å². The molecular weight excluding hydrogens is 320 g/mol. The Bertz CT molecular complexity index is 595. The molecule has 3 rings (SSSR count). The predicted octanol–water partition coefficient (Wildman–Crippen LogP) is 0.941. The Labute approximate surface area is 148 Å². The van der Waals surface area contributed by atoms with Crippen molar-refractivity contribution in [2.75, 3.05) is 37.6 Å². The number of amides is 3. The molecule has 0 radical (unpaired) electrons. The Balaban J connectivity index is 1.45. The molecule has 3 amide bonds. The average molecular weight is 346 g/mol. The van der Waals surface area contributed by atoms with Crippen LogP contribution in [0.25, 0.3) is 0 Å². The minimum Gasteiger partial charge on any atom is -0.370 e. The van der Waals surface area contributed by atoms with Gasteiger partial charge in [-0.3, -0.25) is 4.79 Å². The van der Waals surface area contributed by atoms with E-state index in [2.05, 4.69) is 22.3 Å². The fraction of sp³-hybridized carbons (Fsp3) is 0.556. The normalized spacial score (nSPS) is 24.0. The standard InChI is InChI=1S/C18H26N4O3/c19-17(23)16-8-7-15(25-16)13-20-18(24)22-10-4-9-21(11-12-22)14-5-2-1-3-6-14/h1-3,5-6,15-16H,4,7-13H2,(H2,19,23)(H,20,24)/t15-,16-/m0/s1. The van der Waals surface area contributed by atoms with Crippen LogP contribution in [0.2, 0.25) is 0 Å². The molecular formula is C18H26N4O3. The number of hydrogen-bond donors (Lipinski definition) is 2. The maximum Gasteiger partial charge on any atom is 0.317 e. The quantitative estimate of drug-likeness (QED) is 0.849. The Hall–Kier alpha value is -2.28. The van der Waals surface area contributed by atoms with Gasteiger partial charge in [-0.15, -0.1) is 0 Å². The van der Waals surface area contributed by atoms with Gasteiger partial charge in [-0.05, 0) is 31.4 Å². The van der Waals surface area contributed by atoms with Gasteiger partial charge in [0.05, 0.1) is 6.10 Å². The first-order chi connectivity index (χ1) is 12.1. The molecule has 2 aliphatic heterocycles. The van der Waals surface area contributed by atoms with Crippen molar-refractivity contribution in [3.05, 3.63) is 30.3 Å². The Kier molecular flexibility index (Phi) is 5.75. The Morgan fingerprint density at radius 2 is 1.92 bits per heavy atom. The number of carbonyl (C=O) groups is 2. The lowest BCUT2D eigenvalue weighted by Crippen LogP contribution is -2.44. The van der Waals surface area contributed by atoms with Crippen LogP contribution in [0.1, 0.15) is 19.3 Å². The van der Waals surface area contributed by atoms with Crippen molar-refractivity contribution in [3.63, 3.8) is 0 Å². The van der Waals surface area contributed by atoms with E-state index in [1.165, 1.54) is 5.69 Å². The SMILES string of the molecule is NC(=O)[C@@H]1CC[C@@H](CNC(=O)N2CCCN(c3ccccc3)CC2)O1. The van der Waals surface area contributed by atoms with Crippen LogP contribution >= 0.6 is 0 Å². The van der Waals surface area contributed by atoms with Crippen LogP contribution in [0, 0.1) is 0 Å². The van der Waals surface area contributed by atoms with Crippen LogP contribution < -0.4 is 16.0 Å². The number of urea groups is 1. The molecule has 2 fully saturated rings. The van der Waals surface area contributed by atoms with Crippen molar-refractivity contribution in [1.82, 2.24) is 10.2 Å². The third-order valence-corrected chi connectivity index (χ3v) is 4.81. The summed E-state index contributed by atoms with van der Waals surface area (Å²) in [7, 11) is 0. The lowest BCUT2D eigenvalue weighted by Gasteiger charge is -2.24. The number of para-hydroxylation sites is 1. The number of ether oxygens (including phenoxy) is 1. The lowest BCUT2D eigenvalue weighted by atomic mass is 10.2. The van der Waals surface area contributed by atoms with E-state index < -0.39 is 12.0 Å². The van der Waals surface area contributed by atoms with Crippen molar-refractivity contribution in [2.24, 2.45) is 5.73 Å². The molecule has 0 aromatic heterocycles. The number of nitrogens with zero attached hydrogens (tertiary/aromatic N) is 2. The van der Waals surface area contributed by atoms with Crippen molar-refractivity contribution in [2.45, 2.75) is 31.5 Å². The zero-order valence-corrected chi connectivity index (χ0v) is 14.4. The minimum atomic E-state index is -0.514. The maximum absolute atomic E-state index is 12.4. The van der Waals surface area contributed by atoms with Crippen LogP contribution in [0.4, 0.5) is 10.5 Å². The van der Waals surface area contributed by atoms with E-state index in [1.807, 2.05) is 23.1 Å². The highest BCUT2D eigenvalue weighted by Crippen LogP contribution is 2.19. The smallest absolute Gasteiger partial charge is 0.317 e. The van der Waals surface area contributed by atoms with E-state index in [9.17, 15) is 9.59 Å². The van der Waals surface area contributed by atoms with E-state index in [1.54, 1.807) is 0 Å². The van der Waals surface area contributed by atoms with E-state index in [0.29, 0.717) is 19.5 Å². The minimum absolute atomic E-state index is 0.0685. The fourth-order valence-corrected chi connectivity index (χ4v) is 3.40. The van der Waals surface area contributed by atoms with Gasteiger partial charge in [0.1, 0.15) is 6.10 Å². The summed E-state index contributed by atoms with van der Waals surface area (Å²) in [4.78, 5) is 27.7. The Morgan fingerprint density at radius 3 is 2.64 bits per heavy atom. The second kappa shape index (κ2) is 8.20. The van der Waals surface area contributed by atoms with Crippen LogP contribution in [-0.2, 0) is 9.53 Å². The molecule has 25 heavy (non-hydrogen) atoms. The summed E-state index contributed by atoms with van der Waals surface area (Å²) in [5, 5.41) is 2.93. The van der Waals surface area contributed by atoms with Crippen molar-refractivity contribution >= 4 is 17.6 Å². The molecule has 0 saturated carbocycles. The molecule has 0 aliphatic carbocycles. The first kappa shape index (κ1) is 17.5. The molecule has 2 saturated heterocycles. The van der Waals surface area contributed by atoms with Gasteiger partial charge in [-0.2, -0.15) is 0 Å². The van der Waals surface area contributed by atoms with Crippen LogP contribution in [-0.4, -0.2) is 61.8 Å². The van der Waals surface area contributed by atoms with Crippen LogP contribution in [0.5, 0.6) is 0 Å². The lowest BCUT2D eigenvalue weighted by molar-refractivity contribution is -0.128. The highest BCUT2D eigenvalue weighted by Gasteiger charge is 2.29. The van der Waals surface area contributed by atoms with Gasteiger partial charge in [0.25, 0.3) is 0 Å². The maximum atomic E-state index is 12.4. The van der Waals surface area contributed by atoms with Gasteiger partial charge in [0.2, 0.25) is 5.91 Å². The van der Waals surface area contributed by atoms with Gasteiger partial charge in [0.15, 0.2) is 0 Å². The fourth-order valence-electron chi connectivity index (χ4n) is 3.40. The van der Waals surface area contributed by atoms with Crippen molar-refractivity contribution < 1.29 is 14.3 Å². The molecule has 1 aromatic rings. The summed E-state index contributed by atoms with van der Waals surface area (Å²) in [6, 6.07) is 10.2. The summed E-state index contributed by atoms with van der Waals surface area (Å²) >= 11 is 0. The number of anilines is 1. The van der Waals surface area contributed by atoms with Gasteiger partial charge in [0, 0.05) is 38.4 Å². The molecule has 3 N–H and O–H groups in total. The van der Waals surface area contributed by atoms with Crippen molar-refractivity contribution in [3.8, 4) is 0 Å². The molecule has 2 atom stereocenters. The first-order valence-electron chi connectivity index (χ1n) is 8.91. The van der Waals surface area contributed by atoms with Gasteiger partial charge < -0.3 is 25.6 Å². The summed E-state index contributed by atoms with van der Waals surface area (Å²) < 4.78 is 5.54. The number of benzene rings is 1. The zero-order chi connectivity index (χ0) is 17.6. The van der Waals surface area contributed by atoms with E-state index in [0.717, 1.165) is 32.5 Å². The van der Waals surface area contributed by atoms with Gasteiger partial charge in [-0.1, -0.05) is 18.2 Å². The molecule has 136 valence electrons. The number of carbonyl (C=O) groups excluding carboxylic acids is 2. The highest BCUT2D eigenvalue weighted by molar-refractivity contribution is 5.79. The number of nitrogens with one attached hydrogen (secondary N) is 1. The highest BCUT2D eigenvalue weighted by atomic mass is 16.5. The predicted molar refractivity (Wildman–Crippen MR) is 95.3 cm³/mol. The van der Waals surface area contributed by atoms with E-state index in [4.69, 9.17) is 10.5 Å². The molecule has 7 heteroatoms. The first-order valence-corrected chi connectivity index (χ1v) is 8.91. The Morgan fingerprint density at radius 1 is 1.12 bits per heavy atom. The van der Waals surface area contributed by atoms with E-state index >= 15 is 0 Å². The number of hydrogen-bond acceptors (Lipinski definition) is 4. The number of rotatable bonds is 4. The largest absolute Gasteiger partial charge is 0.370 e. The monoisotopic (exact) mass is 346 g/mol. The summed E-state index contributed by atoms with van der Waals surface area (Å²) in [6.07, 6.45) is 1.67. The van der Waals surface area contributed by atoms with E-state index in [-0.39, 0.29) is 12.1 Å². The summed E-state index contributed by atoms with van der Waals surface area (Å²) in [5.74, 6) is -0.428. The van der Waals surface area contributed by atoms with Gasteiger partial charge >= 0.3 is 6.03 Å². The zero-order valence-electron chi connectivity index (χ0n) is 14.4. The molecule has 2 heterocycles. The second-order valence-electron chi connectivity index (χ2n) is 6.58. The second-order valence-corrected chi connectivity index (χ2v) is 6.58. The molecule has 0 unspecified atom stereocenters. The number of primary amides is 1.